The van der Waals surface area contributed by atoms with Crippen LogP contribution in [0.5, 0.6) is 0 Å². The van der Waals surface area contributed by atoms with Gasteiger partial charge in [-0.05, 0) is 25.7 Å². The molecule has 1 saturated carbocycles. The summed E-state index contributed by atoms with van der Waals surface area (Å²) in [6.45, 7) is 1.15. The van der Waals surface area contributed by atoms with Crippen molar-refractivity contribution in [2.24, 2.45) is 5.73 Å². The van der Waals surface area contributed by atoms with Crippen molar-refractivity contribution >= 4 is 6.09 Å². The minimum Gasteiger partial charge on any atom is -0.446 e. The minimum atomic E-state index is -0.689. The van der Waals surface area contributed by atoms with E-state index in [1.165, 1.54) is 0 Å². The van der Waals surface area contributed by atoms with Crippen LogP contribution in [0.1, 0.15) is 25.7 Å². The van der Waals surface area contributed by atoms with Crippen LogP contribution < -0.4 is 5.73 Å². The Morgan fingerprint density at radius 3 is 2.33 bits per heavy atom. The zero-order chi connectivity index (χ0) is 10.8. The van der Waals surface area contributed by atoms with Gasteiger partial charge in [0.05, 0.1) is 0 Å². The van der Waals surface area contributed by atoms with Crippen molar-refractivity contribution in [2.75, 3.05) is 13.1 Å². The fourth-order valence-corrected chi connectivity index (χ4v) is 2.45. The smallest absolute Gasteiger partial charge is 0.404 e. The van der Waals surface area contributed by atoms with Crippen molar-refractivity contribution in [2.45, 2.75) is 44.0 Å². The highest BCUT2D eigenvalue weighted by Gasteiger charge is 2.34. The first kappa shape index (κ1) is 10.7. The number of nitrogens with two attached hydrogens (primary N) is 1. The Morgan fingerprint density at radius 2 is 1.87 bits per heavy atom. The molecule has 1 saturated heterocycles. The topological polar surface area (TPSA) is 55.6 Å². The Morgan fingerprint density at radius 1 is 1.27 bits per heavy atom. The minimum absolute atomic E-state index is 0.0267. The fourth-order valence-electron chi connectivity index (χ4n) is 2.45. The second-order valence-electron chi connectivity index (χ2n) is 4.42. The van der Waals surface area contributed by atoms with Crippen LogP contribution >= 0.6 is 0 Å². The van der Waals surface area contributed by atoms with Gasteiger partial charge < -0.3 is 10.5 Å². The molecule has 2 aliphatic rings. The van der Waals surface area contributed by atoms with Crippen LogP contribution in [0.3, 0.4) is 0 Å². The predicted molar refractivity (Wildman–Crippen MR) is 53.2 cm³/mol. The lowest BCUT2D eigenvalue weighted by Gasteiger charge is -2.43. The van der Waals surface area contributed by atoms with E-state index in [-0.39, 0.29) is 6.10 Å². The van der Waals surface area contributed by atoms with Gasteiger partial charge in [0, 0.05) is 19.1 Å². The van der Waals surface area contributed by atoms with Gasteiger partial charge in [-0.3, -0.25) is 4.90 Å². The van der Waals surface area contributed by atoms with E-state index in [1.807, 2.05) is 0 Å². The summed E-state index contributed by atoms with van der Waals surface area (Å²) in [6, 6.07) is 0.477. The number of ether oxygens (including phenoxy) is 1. The van der Waals surface area contributed by atoms with Gasteiger partial charge in [0.1, 0.15) is 12.3 Å². The molecule has 2 rings (SSSR count). The number of amides is 1. The second kappa shape index (κ2) is 4.35. The lowest BCUT2D eigenvalue weighted by molar-refractivity contribution is -0.00724. The third kappa shape index (κ3) is 2.59. The largest absolute Gasteiger partial charge is 0.446 e. The van der Waals surface area contributed by atoms with Crippen LogP contribution in [0, 0.1) is 0 Å². The maximum absolute atomic E-state index is 12.6. The van der Waals surface area contributed by atoms with Crippen molar-refractivity contribution in [3.8, 4) is 0 Å². The first-order valence-corrected chi connectivity index (χ1v) is 5.49. The molecule has 1 aliphatic heterocycles. The molecule has 5 heteroatoms. The van der Waals surface area contributed by atoms with Crippen molar-refractivity contribution in [1.29, 1.82) is 0 Å². The molecule has 0 bridgehead atoms. The van der Waals surface area contributed by atoms with Crippen LogP contribution in [-0.2, 0) is 4.74 Å². The number of alkyl halides is 1. The Balaban J connectivity index is 1.70. The number of halogens is 1. The summed E-state index contributed by atoms with van der Waals surface area (Å²) in [5, 5.41) is 0. The van der Waals surface area contributed by atoms with E-state index in [0.717, 1.165) is 25.7 Å². The average molecular weight is 216 g/mol. The monoisotopic (exact) mass is 216 g/mol. The zero-order valence-electron chi connectivity index (χ0n) is 8.69. The number of carbonyl (C=O) groups is 1. The highest BCUT2D eigenvalue weighted by Crippen LogP contribution is 2.28. The molecule has 1 amide bonds. The molecule has 0 aromatic carbocycles. The van der Waals surface area contributed by atoms with Gasteiger partial charge in [-0.2, -0.15) is 0 Å². The predicted octanol–water partition coefficient (Wildman–Crippen LogP) is 1.05. The molecular formula is C10H17FN2O2. The molecule has 0 aromatic rings. The molecule has 0 spiro atoms. The number of rotatable bonds is 2. The number of hydrogen-bond donors (Lipinski definition) is 1. The zero-order valence-corrected chi connectivity index (χ0v) is 8.69. The van der Waals surface area contributed by atoms with Gasteiger partial charge in [0.25, 0.3) is 0 Å². The highest BCUT2D eigenvalue weighted by atomic mass is 19.1. The Kier molecular flexibility index (Phi) is 3.09. The molecule has 1 heterocycles. The molecule has 86 valence electrons. The van der Waals surface area contributed by atoms with Crippen molar-refractivity contribution in [1.82, 2.24) is 4.90 Å². The van der Waals surface area contributed by atoms with Gasteiger partial charge in [-0.1, -0.05) is 0 Å². The van der Waals surface area contributed by atoms with Crippen LogP contribution in [0.25, 0.3) is 0 Å². The summed E-state index contributed by atoms with van der Waals surface area (Å²) >= 11 is 0. The fraction of sp³-hybridized carbons (Fsp3) is 0.900. The SMILES string of the molecule is NC(=O)O[C@H]1CC[C@@H](N2CC(F)C2)CC1. The first-order valence-electron chi connectivity index (χ1n) is 5.49. The maximum Gasteiger partial charge on any atom is 0.404 e. The van der Waals surface area contributed by atoms with Crippen LogP contribution in [-0.4, -0.2) is 42.4 Å². The van der Waals surface area contributed by atoms with E-state index in [2.05, 4.69) is 4.90 Å². The summed E-state index contributed by atoms with van der Waals surface area (Å²) in [5.41, 5.74) is 4.95. The molecule has 2 N–H and O–H groups in total. The van der Waals surface area contributed by atoms with Crippen molar-refractivity contribution < 1.29 is 13.9 Å². The first-order chi connectivity index (χ1) is 7.15. The van der Waals surface area contributed by atoms with E-state index in [1.54, 1.807) is 0 Å². The van der Waals surface area contributed by atoms with Crippen molar-refractivity contribution in [3.63, 3.8) is 0 Å². The van der Waals surface area contributed by atoms with Gasteiger partial charge >= 0.3 is 6.09 Å². The lowest BCUT2D eigenvalue weighted by Crippen LogP contribution is -2.54. The lowest BCUT2D eigenvalue weighted by atomic mass is 9.90. The Bertz CT molecular complexity index is 236. The van der Waals surface area contributed by atoms with Crippen molar-refractivity contribution in [3.05, 3.63) is 0 Å². The summed E-state index contributed by atoms with van der Waals surface area (Å²) in [7, 11) is 0. The van der Waals surface area contributed by atoms with Gasteiger partial charge in [-0.15, -0.1) is 0 Å². The van der Waals surface area contributed by atoms with E-state index < -0.39 is 12.3 Å². The summed E-state index contributed by atoms with van der Waals surface area (Å²) in [4.78, 5) is 12.7. The third-order valence-corrected chi connectivity index (χ3v) is 3.31. The molecular weight excluding hydrogens is 199 g/mol. The number of nitrogens with zero attached hydrogens (tertiary/aromatic N) is 1. The average Bonchev–Trinajstić information content (AvgIpc) is 2.14. The van der Waals surface area contributed by atoms with E-state index in [4.69, 9.17) is 10.5 Å². The maximum atomic E-state index is 12.6. The molecule has 0 atom stereocenters. The van der Waals surface area contributed by atoms with E-state index in [0.29, 0.717) is 19.1 Å². The summed E-state index contributed by atoms with van der Waals surface area (Å²) < 4.78 is 17.6. The summed E-state index contributed by atoms with van der Waals surface area (Å²) in [5.74, 6) is 0. The van der Waals surface area contributed by atoms with Gasteiger partial charge in [-0.25, -0.2) is 9.18 Å². The molecule has 4 nitrogen and oxygen atoms in total. The number of likely N-dealkylation sites (tertiary alicyclic amines) is 1. The number of carbonyl (C=O) groups excluding carboxylic acids is 1. The van der Waals surface area contributed by atoms with Gasteiger partial charge in [0.15, 0.2) is 0 Å². The third-order valence-electron chi connectivity index (χ3n) is 3.31. The number of primary amides is 1. The van der Waals surface area contributed by atoms with E-state index in [9.17, 15) is 9.18 Å². The Labute approximate surface area is 88.6 Å². The van der Waals surface area contributed by atoms with Crippen LogP contribution in [0.4, 0.5) is 9.18 Å². The molecule has 0 aromatic heterocycles. The second-order valence-corrected chi connectivity index (χ2v) is 4.42. The van der Waals surface area contributed by atoms with E-state index >= 15 is 0 Å². The summed E-state index contributed by atoms with van der Waals surface area (Å²) in [6.07, 6.45) is 2.30. The number of hydrogen-bond acceptors (Lipinski definition) is 3. The van der Waals surface area contributed by atoms with Gasteiger partial charge in [0.2, 0.25) is 0 Å². The van der Waals surface area contributed by atoms with Crippen LogP contribution in [0.2, 0.25) is 0 Å². The highest BCUT2D eigenvalue weighted by molar-refractivity contribution is 5.64. The molecule has 0 radical (unpaired) electrons. The Hall–Kier alpha value is -0.840. The molecule has 2 fully saturated rings. The quantitative estimate of drug-likeness (QED) is 0.750. The normalized spacial score (nSPS) is 33.4. The molecule has 15 heavy (non-hydrogen) atoms. The van der Waals surface area contributed by atoms with Crippen LogP contribution in [0.15, 0.2) is 0 Å². The standard InChI is InChI=1S/C10H17FN2O2/c11-7-5-13(6-7)8-1-3-9(4-2-8)15-10(12)14/h7-9H,1-6H2,(H2,12,14)/t8-,9+. The molecule has 1 aliphatic carbocycles. The molecule has 0 unspecified atom stereocenters.